The highest BCUT2D eigenvalue weighted by Crippen LogP contribution is 2.34. The molecule has 22 heavy (non-hydrogen) atoms. The van der Waals surface area contributed by atoms with Gasteiger partial charge in [0.25, 0.3) is 0 Å². The van der Waals surface area contributed by atoms with E-state index in [1.807, 2.05) is 17.0 Å². The molecule has 1 aliphatic heterocycles. The molecule has 1 aromatic carbocycles. The van der Waals surface area contributed by atoms with E-state index in [-0.39, 0.29) is 11.6 Å². The van der Waals surface area contributed by atoms with Crippen molar-refractivity contribution in [3.8, 4) is 5.75 Å². The first-order chi connectivity index (χ1) is 10.6. The largest absolute Gasteiger partial charge is 0.508 e. The van der Waals surface area contributed by atoms with Gasteiger partial charge >= 0.3 is 5.82 Å². The number of aryl methyl sites for hydroxylation is 1. The zero-order valence-corrected chi connectivity index (χ0v) is 12.3. The van der Waals surface area contributed by atoms with Gasteiger partial charge < -0.3 is 20.1 Å². The molecule has 1 N–H and O–H groups in total. The fourth-order valence-electron chi connectivity index (χ4n) is 3.08. The van der Waals surface area contributed by atoms with Gasteiger partial charge in [0.1, 0.15) is 5.75 Å². The summed E-state index contributed by atoms with van der Waals surface area (Å²) in [5.41, 5.74) is 1.21. The van der Waals surface area contributed by atoms with Crippen LogP contribution in [0.2, 0.25) is 0 Å². The second kappa shape index (κ2) is 5.67. The van der Waals surface area contributed by atoms with E-state index in [1.54, 1.807) is 23.7 Å². The Morgan fingerprint density at radius 3 is 2.50 bits per heavy atom. The minimum atomic E-state index is -0.429. The first kappa shape index (κ1) is 14.4. The predicted molar refractivity (Wildman–Crippen MR) is 82.2 cm³/mol. The molecule has 1 saturated heterocycles. The van der Waals surface area contributed by atoms with Crippen LogP contribution in [0.1, 0.15) is 24.3 Å². The smallest absolute Gasteiger partial charge is 0.406 e. The molecular formula is C15H18N4O3. The molecule has 116 valence electrons. The maximum Gasteiger partial charge on any atom is 0.406 e. The summed E-state index contributed by atoms with van der Waals surface area (Å²) < 4.78 is 1.71. The van der Waals surface area contributed by atoms with E-state index in [4.69, 9.17) is 0 Å². The molecule has 7 heteroatoms. The summed E-state index contributed by atoms with van der Waals surface area (Å²) in [4.78, 5) is 16.5. The number of benzene rings is 1. The Morgan fingerprint density at radius 1 is 1.27 bits per heavy atom. The average molecular weight is 302 g/mol. The third kappa shape index (κ3) is 2.61. The van der Waals surface area contributed by atoms with Crippen molar-refractivity contribution in [1.82, 2.24) is 9.55 Å². The number of piperidine rings is 1. The van der Waals surface area contributed by atoms with Crippen LogP contribution in [0, 0.1) is 10.1 Å². The molecule has 0 atom stereocenters. The maximum absolute atomic E-state index is 11.1. The number of rotatable bonds is 3. The van der Waals surface area contributed by atoms with Crippen molar-refractivity contribution >= 4 is 11.6 Å². The Balaban J connectivity index is 1.73. The van der Waals surface area contributed by atoms with Crippen molar-refractivity contribution in [3.63, 3.8) is 0 Å². The van der Waals surface area contributed by atoms with Gasteiger partial charge in [-0.2, -0.15) is 0 Å². The van der Waals surface area contributed by atoms with Crippen LogP contribution < -0.4 is 4.90 Å². The number of nitrogens with zero attached hydrogens (tertiary/aromatic N) is 4. The summed E-state index contributed by atoms with van der Waals surface area (Å²) in [6.45, 7) is 1.51. The summed E-state index contributed by atoms with van der Waals surface area (Å²) in [5.74, 6) is 1.19. The summed E-state index contributed by atoms with van der Waals surface area (Å²) in [5, 5.41) is 20.4. The van der Waals surface area contributed by atoms with E-state index in [0.29, 0.717) is 11.7 Å². The molecule has 0 saturated carbocycles. The first-order valence-electron chi connectivity index (χ1n) is 7.26. The van der Waals surface area contributed by atoms with E-state index in [1.165, 1.54) is 11.9 Å². The Hall–Kier alpha value is -2.57. The third-order valence-corrected chi connectivity index (χ3v) is 4.22. The molecule has 0 aliphatic carbocycles. The Bertz CT molecular complexity index is 673. The van der Waals surface area contributed by atoms with Gasteiger partial charge in [0.15, 0.2) is 0 Å². The van der Waals surface area contributed by atoms with E-state index >= 15 is 0 Å². The van der Waals surface area contributed by atoms with Crippen LogP contribution in [0.4, 0.5) is 11.6 Å². The zero-order valence-electron chi connectivity index (χ0n) is 12.3. The standard InChI is InChI=1S/C15H18N4O3/c1-17-10-16-14(19(21)22)15(17)18-8-6-12(7-9-18)11-2-4-13(20)5-3-11/h2-5,10,12,20H,6-9H2,1H3. The second-order valence-corrected chi connectivity index (χ2v) is 5.61. The third-order valence-electron chi connectivity index (χ3n) is 4.22. The molecule has 1 fully saturated rings. The number of imidazole rings is 1. The SMILES string of the molecule is Cn1cnc([N+](=O)[O-])c1N1CCC(c2ccc(O)cc2)CC1. The molecule has 0 amide bonds. The fourth-order valence-corrected chi connectivity index (χ4v) is 3.08. The topological polar surface area (TPSA) is 84.4 Å². The highest BCUT2D eigenvalue weighted by molar-refractivity contribution is 5.55. The lowest BCUT2D eigenvalue weighted by atomic mass is 9.89. The minimum absolute atomic E-state index is 0.0782. The van der Waals surface area contributed by atoms with Gasteiger partial charge in [-0.05, 0) is 46.4 Å². The first-order valence-corrected chi connectivity index (χ1v) is 7.26. The predicted octanol–water partition coefficient (Wildman–Crippen LogP) is 2.42. The monoisotopic (exact) mass is 302 g/mol. The number of aromatic nitrogens is 2. The van der Waals surface area contributed by atoms with Crippen LogP contribution in [-0.2, 0) is 7.05 Å². The molecule has 3 rings (SSSR count). The van der Waals surface area contributed by atoms with Crippen LogP contribution in [-0.4, -0.2) is 32.7 Å². The summed E-state index contributed by atoms with van der Waals surface area (Å²) in [6, 6.07) is 7.30. The van der Waals surface area contributed by atoms with E-state index < -0.39 is 4.92 Å². The molecule has 2 heterocycles. The van der Waals surface area contributed by atoms with Gasteiger partial charge in [0, 0.05) is 20.1 Å². The fraction of sp³-hybridized carbons (Fsp3) is 0.400. The van der Waals surface area contributed by atoms with E-state index in [9.17, 15) is 15.2 Å². The van der Waals surface area contributed by atoms with Gasteiger partial charge in [-0.25, -0.2) is 0 Å². The van der Waals surface area contributed by atoms with Crippen molar-refractivity contribution in [2.75, 3.05) is 18.0 Å². The number of nitro groups is 1. The Morgan fingerprint density at radius 2 is 1.91 bits per heavy atom. The van der Waals surface area contributed by atoms with E-state index in [0.717, 1.165) is 25.9 Å². The lowest BCUT2D eigenvalue weighted by molar-refractivity contribution is -0.388. The maximum atomic E-state index is 11.1. The lowest BCUT2D eigenvalue weighted by Crippen LogP contribution is -2.34. The molecule has 2 aromatic rings. The minimum Gasteiger partial charge on any atom is -0.508 e. The summed E-state index contributed by atoms with van der Waals surface area (Å²) in [7, 11) is 1.78. The summed E-state index contributed by atoms with van der Waals surface area (Å²) >= 11 is 0. The molecule has 1 aromatic heterocycles. The van der Waals surface area contributed by atoms with Crippen molar-refractivity contribution in [3.05, 3.63) is 46.3 Å². The lowest BCUT2D eigenvalue weighted by Gasteiger charge is -2.32. The Kier molecular flexibility index (Phi) is 3.70. The zero-order chi connectivity index (χ0) is 15.7. The van der Waals surface area contributed by atoms with Crippen LogP contribution >= 0.6 is 0 Å². The van der Waals surface area contributed by atoms with Crippen LogP contribution in [0.3, 0.4) is 0 Å². The quantitative estimate of drug-likeness (QED) is 0.695. The van der Waals surface area contributed by atoms with Gasteiger partial charge in [-0.1, -0.05) is 12.1 Å². The van der Waals surface area contributed by atoms with Crippen molar-refractivity contribution in [1.29, 1.82) is 0 Å². The molecule has 1 aliphatic rings. The van der Waals surface area contributed by atoms with Gasteiger partial charge in [-0.3, -0.25) is 4.57 Å². The molecule has 0 radical (unpaired) electrons. The van der Waals surface area contributed by atoms with Crippen molar-refractivity contribution in [2.24, 2.45) is 7.05 Å². The highest BCUT2D eigenvalue weighted by Gasteiger charge is 2.29. The van der Waals surface area contributed by atoms with Gasteiger partial charge in [-0.15, -0.1) is 0 Å². The van der Waals surface area contributed by atoms with Crippen LogP contribution in [0.15, 0.2) is 30.6 Å². The second-order valence-electron chi connectivity index (χ2n) is 5.61. The van der Waals surface area contributed by atoms with Crippen LogP contribution in [0.25, 0.3) is 0 Å². The van der Waals surface area contributed by atoms with Gasteiger partial charge in [0.2, 0.25) is 12.1 Å². The average Bonchev–Trinajstić information content (AvgIpc) is 2.90. The van der Waals surface area contributed by atoms with Gasteiger partial charge in [0.05, 0.1) is 0 Å². The number of hydrogen-bond donors (Lipinski definition) is 1. The van der Waals surface area contributed by atoms with Crippen molar-refractivity contribution in [2.45, 2.75) is 18.8 Å². The molecule has 7 nitrogen and oxygen atoms in total. The normalized spacial score (nSPS) is 16.0. The molecule has 0 unspecified atom stereocenters. The highest BCUT2D eigenvalue weighted by atomic mass is 16.6. The molecule has 0 bridgehead atoms. The number of phenols is 1. The van der Waals surface area contributed by atoms with E-state index in [2.05, 4.69) is 4.98 Å². The number of phenolic OH excluding ortho intramolecular Hbond substituents is 1. The molecule has 0 spiro atoms. The van der Waals surface area contributed by atoms with Crippen molar-refractivity contribution < 1.29 is 10.0 Å². The Labute approximate surface area is 128 Å². The number of anilines is 1. The van der Waals surface area contributed by atoms with Crippen LogP contribution in [0.5, 0.6) is 5.75 Å². The summed E-state index contributed by atoms with van der Waals surface area (Å²) in [6.07, 6.45) is 3.33. The number of aromatic hydroxyl groups is 1. The number of hydrogen-bond acceptors (Lipinski definition) is 5. The molecular weight excluding hydrogens is 284 g/mol.